The maximum absolute atomic E-state index is 13.9. The first-order valence-corrected chi connectivity index (χ1v) is 10.8. The second kappa shape index (κ2) is 9.49. The minimum Gasteiger partial charge on any atom is -0.508 e. The number of cyclic esters (lactones) is 1. The van der Waals surface area contributed by atoms with E-state index in [1.165, 1.54) is 36.2 Å². The van der Waals surface area contributed by atoms with Gasteiger partial charge in [-0.3, -0.25) is 20.0 Å². The summed E-state index contributed by atoms with van der Waals surface area (Å²) >= 11 is 0. The number of non-ortho nitro benzene ring substituents is 1. The molecule has 0 unspecified atom stereocenters. The Morgan fingerprint density at radius 1 is 1.29 bits per heavy atom. The average molecular weight is 482 g/mol. The Morgan fingerprint density at radius 3 is 2.74 bits per heavy atom. The summed E-state index contributed by atoms with van der Waals surface area (Å²) in [6.45, 7) is 4.97. The highest BCUT2D eigenvalue weighted by Crippen LogP contribution is 2.32. The van der Waals surface area contributed by atoms with Gasteiger partial charge in [0.25, 0.3) is 5.69 Å². The maximum Gasteiger partial charge on any atom is 0.416 e. The minimum atomic E-state index is -1.30. The molecule has 1 aliphatic rings. The van der Waals surface area contributed by atoms with Crippen LogP contribution in [0, 0.1) is 17.0 Å². The summed E-state index contributed by atoms with van der Waals surface area (Å²) in [5.74, 6) is 0.222. The van der Waals surface area contributed by atoms with Gasteiger partial charge in [-0.25, -0.2) is 14.2 Å². The predicted octanol–water partition coefficient (Wildman–Crippen LogP) is 4.32. The van der Waals surface area contributed by atoms with Crippen molar-refractivity contribution in [1.82, 2.24) is 15.0 Å². The number of phenols is 1. The number of carbonyl (C=O) groups is 1. The molecule has 1 aliphatic heterocycles. The minimum absolute atomic E-state index is 0.0580. The van der Waals surface area contributed by atoms with Gasteiger partial charge in [-0.15, -0.1) is 0 Å². The van der Waals surface area contributed by atoms with Gasteiger partial charge in [0.15, 0.2) is 0 Å². The molecule has 0 spiro atoms. The number of pyridine rings is 1. The highest BCUT2D eigenvalue weighted by Gasteiger charge is 2.39. The van der Waals surface area contributed by atoms with Crippen molar-refractivity contribution < 1.29 is 24.0 Å². The number of halogens is 1. The molecule has 3 aromatic rings. The Bertz CT molecular complexity index is 1290. The Hall–Kier alpha value is -4.35. The number of benzene rings is 1. The van der Waals surface area contributed by atoms with Crippen molar-refractivity contribution >= 4 is 23.5 Å². The van der Waals surface area contributed by atoms with E-state index in [1.807, 2.05) is 19.9 Å². The molecule has 1 amide bonds. The first kappa shape index (κ1) is 23.8. The van der Waals surface area contributed by atoms with Crippen molar-refractivity contribution in [3.05, 3.63) is 64.1 Å². The van der Waals surface area contributed by atoms with E-state index in [2.05, 4.69) is 20.3 Å². The van der Waals surface area contributed by atoms with E-state index < -0.39 is 23.2 Å². The van der Waals surface area contributed by atoms with E-state index in [0.29, 0.717) is 16.8 Å². The van der Waals surface area contributed by atoms with Gasteiger partial charge < -0.3 is 15.2 Å². The van der Waals surface area contributed by atoms with Crippen molar-refractivity contribution in [3.8, 4) is 16.9 Å². The number of carbonyl (C=O) groups excluding carboxylic acids is 1. The topological polar surface area (TPSA) is 144 Å². The molecule has 11 nitrogen and oxygen atoms in total. The number of amides is 1. The lowest BCUT2D eigenvalue weighted by Gasteiger charge is -2.22. The Kier molecular flexibility index (Phi) is 6.45. The van der Waals surface area contributed by atoms with E-state index in [4.69, 9.17) is 4.74 Å². The van der Waals surface area contributed by atoms with E-state index >= 15 is 0 Å². The summed E-state index contributed by atoms with van der Waals surface area (Å²) < 4.78 is 18.9. The summed E-state index contributed by atoms with van der Waals surface area (Å²) in [6.07, 6.45) is 1.06. The summed E-state index contributed by atoms with van der Waals surface area (Å²) in [7, 11) is 0. The number of phenolic OH excluding ortho intramolecular Hbond substituents is 1. The van der Waals surface area contributed by atoms with Crippen LogP contribution in [-0.4, -0.2) is 49.9 Å². The number of anilines is 2. The fourth-order valence-electron chi connectivity index (χ4n) is 3.83. The molecule has 1 saturated heterocycles. The highest BCUT2D eigenvalue weighted by atomic mass is 19.1. The molecular formula is C23H23FN6O5. The van der Waals surface area contributed by atoms with Crippen molar-refractivity contribution in [2.24, 2.45) is 0 Å². The molecular weight excluding hydrogens is 459 g/mol. The van der Waals surface area contributed by atoms with Crippen LogP contribution >= 0.6 is 0 Å². The van der Waals surface area contributed by atoms with Crippen LogP contribution in [0.4, 0.5) is 26.6 Å². The largest absolute Gasteiger partial charge is 0.508 e. The van der Waals surface area contributed by atoms with Crippen LogP contribution < -0.4 is 10.2 Å². The lowest BCUT2D eigenvalue weighted by molar-refractivity contribution is -0.384. The van der Waals surface area contributed by atoms with Gasteiger partial charge in [0.2, 0.25) is 5.95 Å². The maximum atomic E-state index is 13.9. The van der Waals surface area contributed by atoms with E-state index in [9.17, 15) is 24.4 Å². The van der Waals surface area contributed by atoms with Crippen LogP contribution in [-0.2, 0) is 4.74 Å². The standard InChI is InChI=1S/C23H23FN6O5/c1-12-6-19(26-10-18(12)15-7-16(30(33)34)9-17(31)8-15)14(3)27-22-25-5-4-21(28-22)29-20(13(2)24)11-35-23(29)32/h4-10,13-14,20,31H,11H2,1-3H3,(H,25,27,28)/t13-,14-,20+/m0/s1. The monoisotopic (exact) mass is 482 g/mol. The predicted molar refractivity (Wildman–Crippen MR) is 125 cm³/mol. The van der Waals surface area contributed by atoms with Crippen LogP contribution in [0.15, 0.2) is 42.7 Å². The molecule has 0 aliphatic carbocycles. The number of aryl methyl sites for hydroxylation is 1. The molecule has 2 N–H and O–H groups in total. The zero-order valence-electron chi connectivity index (χ0n) is 19.2. The molecule has 1 aromatic carbocycles. The fraction of sp³-hybridized carbons (Fsp3) is 0.304. The lowest BCUT2D eigenvalue weighted by Crippen LogP contribution is -2.39. The first-order valence-electron chi connectivity index (χ1n) is 10.8. The highest BCUT2D eigenvalue weighted by molar-refractivity contribution is 5.89. The van der Waals surface area contributed by atoms with Gasteiger partial charge in [-0.05, 0) is 50.1 Å². The third-order valence-electron chi connectivity index (χ3n) is 5.67. The Morgan fingerprint density at radius 2 is 2.06 bits per heavy atom. The molecule has 0 bridgehead atoms. The van der Waals surface area contributed by atoms with E-state index in [0.717, 1.165) is 11.6 Å². The van der Waals surface area contributed by atoms with Gasteiger partial charge >= 0.3 is 6.09 Å². The number of alkyl halides is 1. The summed E-state index contributed by atoms with van der Waals surface area (Å²) in [6, 6.07) is 6.09. The number of nitrogens with one attached hydrogen (secondary N) is 1. The number of hydrogen-bond donors (Lipinski definition) is 2. The van der Waals surface area contributed by atoms with Gasteiger partial charge in [0.05, 0.1) is 22.7 Å². The van der Waals surface area contributed by atoms with Gasteiger partial charge in [-0.2, -0.15) is 4.98 Å². The lowest BCUT2D eigenvalue weighted by atomic mass is 10.0. The number of aromatic hydroxyl groups is 1. The average Bonchev–Trinajstić information content (AvgIpc) is 3.20. The number of hydrogen-bond acceptors (Lipinski definition) is 9. The van der Waals surface area contributed by atoms with Crippen LogP contribution in [0.25, 0.3) is 11.1 Å². The molecule has 3 heterocycles. The normalized spacial score (nSPS) is 17.1. The van der Waals surface area contributed by atoms with Crippen LogP contribution in [0.5, 0.6) is 5.75 Å². The third-order valence-corrected chi connectivity index (χ3v) is 5.67. The summed E-state index contributed by atoms with van der Waals surface area (Å²) in [5.41, 5.74) is 2.32. The summed E-state index contributed by atoms with van der Waals surface area (Å²) in [4.78, 5) is 36.8. The SMILES string of the molecule is Cc1cc([C@H](C)Nc2nccc(N3C(=O)OC[C@@H]3[C@H](C)F)n2)ncc1-c1cc(O)cc([N+](=O)[O-])c1. The van der Waals surface area contributed by atoms with Crippen molar-refractivity contribution in [2.75, 3.05) is 16.8 Å². The van der Waals surface area contributed by atoms with Gasteiger partial charge in [0.1, 0.15) is 30.4 Å². The Balaban J connectivity index is 1.55. The van der Waals surface area contributed by atoms with Crippen LogP contribution in [0.3, 0.4) is 0 Å². The molecule has 2 aromatic heterocycles. The zero-order chi connectivity index (χ0) is 25.3. The number of ether oxygens (including phenoxy) is 1. The molecule has 0 radical (unpaired) electrons. The first-order chi connectivity index (χ1) is 16.6. The molecule has 35 heavy (non-hydrogen) atoms. The van der Waals surface area contributed by atoms with Gasteiger partial charge in [0, 0.05) is 24.0 Å². The number of aromatic nitrogens is 3. The quantitative estimate of drug-likeness (QED) is 0.372. The number of rotatable bonds is 7. The van der Waals surface area contributed by atoms with Crippen molar-refractivity contribution in [3.63, 3.8) is 0 Å². The molecule has 1 fully saturated rings. The van der Waals surface area contributed by atoms with E-state index in [-0.39, 0.29) is 35.9 Å². The van der Waals surface area contributed by atoms with Crippen LogP contribution in [0.1, 0.15) is 31.1 Å². The second-order valence-electron chi connectivity index (χ2n) is 8.22. The van der Waals surface area contributed by atoms with Crippen LogP contribution in [0.2, 0.25) is 0 Å². The number of nitrogens with zero attached hydrogens (tertiary/aromatic N) is 5. The number of nitro benzene ring substituents is 1. The molecule has 182 valence electrons. The summed E-state index contributed by atoms with van der Waals surface area (Å²) in [5, 5.41) is 24.1. The van der Waals surface area contributed by atoms with Crippen molar-refractivity contribution in [1.29, 1.82) is 0 Å². The third kappa shape index (κ3) is 4.95. The Labute approximate surface area is 199 Å². The number of nitro groups is 1. The van der Waals surface area contributed by atoms with E-state index in [1.54, 1.807) is 6.20 Å². The molecule has 0 saturated carbocycles. The molecule has 3 atom stereocenters. The fourth-order valence-corrected chi connectivity index (χ4v) is 3.83. The van der Waals surface area contributed by atoms with Crippen molar-refractivity contribution in [2.45, 2.75) is 39.0 Å². The molecule has 12 heteroatoms. The second-order valence-corrected chi connectivity index (χ2v) is 8.22. The smallest absolute Gasteiger partial charge is 0.416 e. The zero-order valence-corrected chi connectivity index (χ0v) is 19.2. The van der Waals surface area contributed by atoms with Gasteiger partial charge in [-0.1, -0.05) is 0 Å². The molecule has 4 rings (SSSR count).